The van der Waals surface area contributed by atoms with Crippen molar-refractivity contribution in [3.8, 4) is 5.40 Å². The van der Waals surface area contributed by atoms with Crippen molar-refractivity contribution in [2.45, 2.75) is 19.3 Å². The van der Waals surface area contributed by atoms with Gasteiger partial charge >= 0.3 is 0 Å². The molecule has 0 spiro atoms. The maximum absolute atomic E-state index is 12.6. The second-order valence-corrected chi connectivity index (χ2v) is 6.53. The number of hydrogen-bond donors (Lipinski definition) is 0. The van der Waals surface area contributed by atoms with Crippen LogP contribution < -0.4 is 4.90 Å². The zero-order valence-electron chi connectivity index (χ0n) is 12.5. The van der Waals surface area contributed by atoms with Crippen molar-refractivity contribution in [3.05, 3.63) is 59.7 Å². The SMILES string of the molecule is CC1(C)c2ccccc2N(C(=O)CSC#N)c2ccccc21. The lowest BCUT2D eigenvalue weighted by Gasteiger charge is -2.40. The molecule has 2 aromatic carbocycles. The first-order valence-electron chi connectivity index (χ1n) is 7.10. The predicted octanol–water partition coefficient (Wildman–Crippen LogP) is 4.20. The highest BCUT2D eigenvalue weighted by Crippen LogP contribution is 2.48. The molecule has 0 saturated heterocycles. The van der Waals surface area contributed by atoms with Gasteiger partial charge < -0.3 is 0 Å². The van der Waals surface area contributed by atoms with E-state index in [9.17, 15) is 4.79 Å². The van der Waals surface area contributed by atoms with Crippen LogP contribution >= 0.6 is 11.8 Å². The number of anilines is 2. The zero-order chi connectivity index (χ0) is 15.7. The average Bonchev–Trinajstić information content (AvgIpc) is 2.53. The van der Waals surface area contributed by atoms with Crippen molar-refractivity contribution >= 4 is 29.0 Å². The molecule has 1 aliphatic heterocycles. The van der Waals surface area contributed by atoms with E-state index in [1.54, 1.807) is 4.90 Å². The van der Waals surface area contributed by atoms with Crippen molar-refractivity contribution < 1.29 is 4.79 Å². The lowest BCUT2D eigenvalue weighted by Crippen LogP contribution is -2.37. The summed E-state index contributed by atoms with van der Waals surface area (Å²) in [5, 5.41) is 10.7. The number of nitrogens with zero attached hydrogens (tertiary/aromatic N) is 2. The third kappa shape index (κ3) is 2.18. The molecule has 0 unspecified atom stereocenters. The molecule has 1 amide bonds. The highest BCUT2D eigenvalue weighted by molar-refractivity contribution is 8.04. The lowest BCUT2D eigenvalue weighted by atomic mass is 9.73. The van der Waals surface area contributed by atoms with Crippen LogP contribution in [0.1, 0.15) is 25.0 Å². The van der Waals surface area contributed by atoms with E-state index >= 15 is 0 Å². The van der Waals surface area contributed by atoms with E-state index in [4.69, 9.17) is 5.26 Å². The topological polar surface area (TPSA) is 44.1 Å². The Balaban J connectivity index is 2.20. The Morgan fingerprint density at radius 1 is 1.09 bits per heavy atom. The summed E-state index contributed by atoms with van der Waals surface area (Å²) in [6, 6.07) is 16.0. The smallest absolute Gasteiger partial charge is 0.242 e. The molecule has 0 saturated carbocycles. The van der Waals surface area contributed by atoms with Crippen molar-refractivity contribution in [3.63, 3.8) is 0 Å². The molecule has 2 aromatic rings. The second kappa shape index (κ2) is 5.51. The van der Waals surface area contributed by atoms with Gasteiger partial charge in [0, 0.05) is 5.41 Å². The molecule has 0 radical (unpaired) electrons. The molecule has 1 aliphatic rings. The quantitative estimate of drug-likeness (QED) is 0.781. The number of nitriles is 1. The first-order chi connectivity index (χ1) is 10.6. The minimum absolute atomic E-state index is 0.0676. The molecule has 22 heavy (non-hydrogen) atoms. The summed E-state index contributed by atoms with van der Waals surface area (Å²) in [6.07, 6.45) is 0. The van der Waals surface area contributed by atoms with Gasteiger partial charge in [0.15, 0.2) is 0 Å². The van der Waals surface area contributed by atoms with Crippen molar-refractivity contribution in [1.82, 2.24) is 0 Å². The fourth-order valence-corrected chi connectivity index (χ4v) is 3.41. The number of amides is 1. The molecule has 3 rings (SSSR count). The van der Waals surface area contributed by atoms with Crippen LogP contribution in [0.2, 0.25) is 0 Å². The van der Waals surface area contributed by atoms with Crippen LogP contribution in [0.15, 0.2) is 48.5 Å². The van der Waals surface area contributed by atoms with Crippen LogP contribution in [0, 0.1) is 10.7 Å². The van der Waals surface area contributed by atoms with Crippen LogP contribution in [0.3, 0.4) is 0 Å². The molecule has 110 valence electrons. The van der Waals surface area contributed by atoms with Gasteiger partial charge in [-0.2, -0.15) is 5.26 Å². The van der Waals surface area contributed by atoms with Gasteiger partial charge in [0.1, 0.15) is 5.40 Å². The van der Waals surface area contributed by atoms with Gasteiger partial charge in [-0.25, -0.2) is 0 Å². The van der Waals surface area contributed by atoms with E-state index in [-0.39, 0.29) is 17.1 Å². The molecule has 3 nitrogen and oxygen atoms in total. The Morgan fingerprint density at radius 3 is 2.09 bits per heavy atom. The van der Waals surface area contributed by atoms with Gasteiger partial charge in [0.25, 0.3) is 0 Å². The minimum Gasteiger partial charge on any atom is -0.280 e. The van der Waals surface area contributed by atoms with Gasteiger partial charge in [0.2, 0.25) is 5.91 Å². The number of thioether (sulfide) groups is 1. The molecule has 0 bridgehead atoms. The first kappa shape index (κ1) is 14.7. The zero-order valence-corrected chi connectivity index (χ0v) is 13.4. The number of para-hydroxylation sites is 2. The second-order valence-electron chi connectivity index (χ2n) is 5.77. The number of carbonyl (C=O) groups excluding carboxylic acids is 1. The summed E-state index contributed by atoms with van der Waals surface area (Å²) in [6.45, 7) is 4.35. The van der Waals surface area contributed by atoms with E-state index in [0.29, 0.717) is 0 Å². The number of thiocyanates is 1. The standard InChI is InChI=1S/C18H16N2OS/c1-18(2)13-7-3-5-9-15(13)20(17(21)11-22-12-19)16-10-6-4-8-14(16)18/h3-10H,11H2,1-2H3. The third-order valence-electron chi connectivity index (χ3n) is 4.15. The first-order valence-corrected chi connectivity index (χ1v) is 8.09. The van der Waals surface area contributed by atoms with Crippen molar-refractivity contribution in [2.24, 2.45) is 0 Å². The summed E-state index contributed by atoms with van der Waals surface area (Å²) >= 11 is 0.973. The summed E-state index contributed by atoms with van der Waals surface area (Å²) in [4.78, 5) is 14.4. The van der Waals surface area contributed by atoms with Crippen LogP contribution in [-0.2, 0) is 10.2 Å². The fraction of sp³-hybridized carbons (Fsp3) is 0.222. The largest absolute Gasteiger partial charge is 0.280 e. The number of hydrogen-bond acceptors (Lipinski definition) is 3. The Morgan fingerprint density at radius 2 is 1.59 bits per heavy atom. The summed E-state index contributed by atoms with van der Waals surface area (Å²) in [5.41, 5.74) is 3.92. The molecule has 0 N–H and O–H groups in total. The van der Waals surface area contributed by atoms with Gasteiger partial charge in [-0.1, -0.05) is 50.2 Å². The number of fused-ring (bicyclic) bond motifs is 2. The van der Waals surface area contributed by atoms with Gasteiger partial charge in [-0.3, -0.25) is 9.69 Å². The Bertz CT molecular complexity index is 727. The van der Waals surface area contributed by atoms with Crippen LogP contribution in [-0.4, -0.2) is 11.7 Å². The predicted molar refractivity (Wildman–Crippen MR) is 90.2 cm³/mol. The molecule has 0 atom stereocenters. The summed E-state index contributed by atoms with van der Waals surface area (Å²) in [7, 11) is 0. The Hall–Kier alpha value is -2.25. The Labute approximate surface area is 134 Å². The molecule has 4 heteroatoms. The average molecular weight is 308 g/mol. The number of carbonyl (C=O) groups is 1. The minimum atomic E-state index is -0.160. The highest BCUT2D eigenvalue weighted by atomic mass is 32.2. The molecule has 1 heterocycles. The number of rotatable bonds is 2. The highest BCUT2D eigenvalue weighted by Gasteiger charge is 2.37. The van der Waals surface area contributed by atoms with E-state index in [1.807, 2.05) is 41.8 Å². The number of benzene rings is 2. The molecule has 0 aromatic heterocycles. The van der Waals surface area contributed by atoms with E-state index < -0.39 is 0 Å². The molecular formula is C18H16N2OS. The van der Waals surface area contributed by atoms with Gasteiger partial charge in [0.05, 0.1) is 17.1 Å². The fourth-order valence-electron chi connectivity index (χ4n) is 3.10. The monoisotopic (exact) mass is 308 g/mol. The molecular weight excluding hydrogens is 292 g/mol. The van der Waals surface area contributed by atoms with Crippen molar-refractivity contribution in [2.75, 3.05) is 10.7 Å². The lowest BCUT2D eigenvalue weighted by molar-refractivity contribution is -0.115. The molecule has 0 fully saturated rings. The Kier molecular flexibility index (Phi) is 3.67. The normalized spacial score (nSPS) is 14.7. The van der Waals surface area contributed by atoms with Gasteiger partial charge in [-0.15, -0.1) is 0 Å². The van der Waals surface area contributed by atoms with E-state index in [0.717, 1.165) is 34.3 Å². The van der Waals surface area contributed by atoms with Crippen LogP contribution in [0.4, 0.5) is 11.4 Å². The summed E-state index contributed by atoms with van der Waals surface area (Å²) < 4.78 is 0. The van der Waals surface area contributed by atoms with Crippen LogP contribution in [0.5, 0.6) is 0 Å². The maximum Gasteiger partial charge on any atom is 0.242 e. The maximum atomic E-state index is 12.6. The van der Waals surface area contributed by atoms with E-state index in [1.165, 1.54) is 0 Å². The van der Waals surface area contributed by atoms with Crippen molar-refractivity contribution in [1.29, 1.82) is 5.26 Å². The molecule has 0 aliphatic carbocycles. The van der Waals surface area contributed by atoms with Crippen LogP contribution in [0.25, 0.3) is 0 Å². The van der Waals surface area contributed by atoms with E-state index in [2.05, 4.69) is 26.0 Å². The van der Waals surface area contributed by atoms with Gasteiger partial charge in [-0.05, 0) is 35.0 Å². The summed E-state index contributed by atoms with van der Waals surface area (Å²) in [5.74, 6) is 0.0847. The third-order valence-corrected chi connectivity index (χ3v) is 4.67.